The number of benzene rings is 2. The Kier molecular flexibility index (Phi) is 10.7. The molecule has 0 saturated carbocycles. The molecule has 3 rings (SSSR count). The number of piperazine rings is 1. The van der Waals surface area contributed by atoms with Crippen LogP contribution in [0.5, 0.6) is 0 Å². The molecular weight excluding hydrogens is 429 g/mol. The lowest BCUT2D eigenvalue weighted by Crippen LogP contribution is -2.46. The summed E-state index contributed by atoms with van der Waals surface area (Å²) in [4.78, 5) is 35.0. The van der Waals surface area contributed by atoms with Gasteiger partial charge in [-0.2, -0.15) is 0 Å². The van der Waals surface area contributed by atoms with Gasteiger partial charge in [-0.1, -0.05) is 42.5 Å². The Balaban J connectivity index is 0.000000569. The third-order valence-corrected chi connectivity index (χ3v) is 4.90. The highest BCUT2D eigenvalue weighted by atomic mass is 19.1. The van der Waals surface area contributed by atoms with Crippen LogP contribution < -0.4 is 5.32 Å². The third kappa shape index (κ3) is 10.5. The molecule has 8 nitrogen and oxygen atoms in total. The van der Waals surface area contributed by atoms with Crippen LogP contribution in [0.2, 0.25) is 0 Å². The Bertz CT molecular complexity index is 915. The molecule has 0 radical (unpaired) electrons. The van der Waals surface area contributed by atoms with Gasteiger partial charge < -0.3 is 20.4 Å². The van der Waals surface area contributed by atoms with Crippen molar-refractivity contribution in [2.45, 2.75) is 6.42 Å². The maximum Gasteiger partial charge on any atom is 0.414 e. The van der Waals surface area contributed by atoms with E-state index in [1.807, 2.05) is 18.2 Å². The average molecular weight is 458 g/mol. The van der Waals surface area contributed by atoms with Crippen LogP contribution in [-0.2, 0) is 14.4 Å². The van der Waals surface area contributed by atoms with Gasteiger partial charge in [0.15, 0.2) is 0 Å². The van der Waals surface area contributed by atoms with Gasteiger partial charge in [0.25, 0.3) is 0 Å². The number of nitrogens with one attached hydrogen (secondary N) is 1. The van der Waals surface area contributed by atoms with Gasteiger partial charge in [-0.15, -0.1) is 0 Å². The summed E-state index contributed by atoms with van der Waals surface area (Å²) < 4.78 is 12.9. The summed E-state index contributed by atoms with van der Waals surface area (Å²) in [5.41, 5.74) is 1.86. The molecule has 9 heteroatoms. The van der Waals surface area contributed by atoms with Gasteiger partial charge in [0.2, 0.25) is 5.91 Å². The molecule has 1 saturated heterocycles. The van der Waals surface area contributed by atoms with Crippen molar-refractivity contribution in [3.05, 3.63) is 72.1 Å². The lowest BCUT2D eigenvalue weighted by molar-refractivity contribution is -0.159. The van der Waals surface area contributed by atoms with Crippen molar-refractivity contribution in [1.29, 1.82) is 0 Å². The fourth-order valence-electron chi connectivity index (χ4n) is 3.11. The summed E-state index contributed by atoms with van der Waals surface area (Å²) in [5, 5.41) is 17.6. The molecule has 0 atom stereocenters. The second-order valence-electron chi connectivity index (χ2n) is 7.37. The number of amides is 1. The summed E-state index contributed by atoms with van der Waals surface area (Å²) in [5.74, 6) is -3.98. The highest BCUT2D eigenvalue weighted by Crippen LogP contribution is 2.09. The number of anilines is 1. The van der Waals surface area contributed by atoms with Crippen LogP contribution in [0.1, 0.15) is 12.0 Å². The summed E-state index contributed by atoms with van der Waals surface area (Å²) in [7, 11) is 0. The number of halogens is 1. The van der Waals surface area contributed by atoms with Gasteiger partial charge in [0.1, 0.15) is 5.82 Å². The number of hydrogen-bond acceptors (Lipinski definition) is 5. The fraction of sp³-hybridized carbons (Fsp3) is 0.292. The topological polar surface area (TPSA) is 110 Å². The standard InChI is InChI=1S/C22H26FN3O.C2H2O4/c23-20-8-10-21(11-9-20)24-22(27)12-14-26-17-15-25(16-18-26)13-4-7-19-5-2-1-3-6-19;3-1(4)2(5)6/h1-11H,12-18H2,(H,24,27);(H,3,4)(H,5,6)/b7-4+;. The molecule has 0 unspecified atom stereocenters. The second-order valence-corrected chi connectivity index (χ2v) is 7.37. The molecule has 33 heavy (non-hydrogen) atoms. The van der Waals surface area contributed by atoms with E-state index >= 15 is 0 Å². The van der Waals surface area contributed by atoms with Crippen LogP contribution in [0.25, 0.3) is 6.08 Å². The van der Waals surface area contributed by atoms with Gasteiger partial charge in [-0.25, -0.2) is 14.0 Å². The normalized spacial score (nSPS) is 14.3. The number of rotatable bonds is 7. The monoisotopic (exact) mass is 457 g/mol. The largest absolute Gasteiger partial charge is 0.473 e. The summed E-state index contributed by atoms with van der Waals surface area (Å²) in [6.45, 7) is 5.68. The van der Waals surface area contributed by atoms with Crippen molar-refractivity contribution < 1.29 is 29.0 Å². The summed E-state index contributed by atoms with van der Waals surface area (Å²) in [6.07, 6.45) is 4.82. The van der Waals surface area contributed by atoms with Crippen molar-refractivity contribution in [2.75, 3.05) is 44.6 Å². The van der Waals surface area contributed by atoms with Crippen molar-refractivity contribution in [2.24, 2.45) is 0 Å². The van der Waals surface area contributed by atoms with E-state index in [0.29, 0.717) is 12.1 Å². The van der Waals surface area contributed by atoms with E-state index in [0.717, 1.165) is 39.3 Å². The Hall–Kier alpha value is -3.56. The quantitative estimate of drug-likeness (QED) is 0.548. The van der Waals surface area contributed by atoms with E-state index < -0.39 is 11.9 Å². The van der Waals surface area contributed by atoms with Gasteiger partial charge in [0.05, 0.1) is 0 Å². The van der Waals surface area contributed by atoms with Crippen LogP contribution in [0, 0.1) is 5.82 Å². The first-order valence-electron chi connectivity index (χ1n) is 10.5. The summed E-state index contributed by atoms with van der Waals surface area (Å²) in [6, 6.07) is 16.2. The van der Waals surface area contributed by atoms with Gasteiger partial charge in [-0.05, 0) is 29.8 Å². The Labute approximate surface area is 191 Å². The van der Waals surface area contributed by atoms with Crippen LogP contribution >= 0.6 is 0 Å². The predicted molar refractivity (Wildman–Crippen MR) is 123 cm³/mol. The minimum atomic E-state index is -1.82. The van der Waals surface area contributed by atoms with Gasteiger partial charge >= 0.3 is 11.9 Å². The number of hydrogen-bond donors (Lipinski definition) is 3. The molecule has 2 aromatic carbocycles. The number of nitrogens with zero attached hydrogens (tertiary/aromatic N) is 2. The van der Waals surface area contributed by atoms with Crippen LogP contribution in [0.3, 0.4) is 0 Å². The first-order valence-corrected chi connectivity index (χ1v) is 10.5. The van der Waals surface area contributed by atoms with Crippen LogP contribution in [0.15, 0.2) is 60.7 Å². The first kappa shape index (κ1) is 25.7. The molecule has 1 fully saturated rings. The number of carboxylic acids is 2. The van der Waals surface area contributed by atoms with E-state index in [9.17, 15) is 9.18 Å². The molecule has 1 heterocycles. The molecule has 1 aliphatic rings. The van der Waals surface area contributed by atoms with E-state index in [2.05, 4.69) is 39.4 Å². The molecule has 176 valence electrons. The lowest BCUT2D eigenvalue weighted by Gasteiger charge is -2.34. The average Bonchev–Trinajstić information content (AvgIpc) is 2.81. The minimum Gasteiger partial charge on any atom is -0.473 e. The van der Waals surface area contributed by atoms with E-state index in [4.69, 9.17) is 19.8 Å². The van der Waals surface area contributed by atoms with E-state index in [1.54, 1.807) is 12.1 Å². The highest BCUT2D eigenvalue weighted by Gasteiger charge is 2.16. The number of aliphatic carboxylic acids is 2. The number of carboxylic acid groups (broad SMARTS) is 2. The van der Waals surface area contributed by atoms with Gasteiger partial charge in [0, 0.05) is 51.4 Å². The van der Waals surface area contributed by atoms with Gasteiger partial charge in [-0.3, -0.25) is 9.69 Å². The zero-order valence-corrected chi connectivity index (χ0v) is 18.2. The van der Waals surface area contributed by atoms with Crippen molar-refractivity contribution in [3.8, 4) is 0 Å². The van der Waals surface area contributed by atoms with Crippen LogP contribution in [-0.4, -0.2) is 77.1 Å². The zero-order chi connectivity index (χ0) is 24.1. The van der Waals surface area contributed by atoms with Crippen molar-refractivity contribution in [1.82, 2.24) is 9.80 Å². The molecule has 0 bridgehead atoms. The molecule has 1 amide bonds. The zero-order valence-electron chi connectivity index (χ0n) is 18.2. The lowest BCUT2D eigenvalue weighted by atomic mass is 10.2. The maximum atomic E-state index is 12.9. The first-order chi connectivity index (χ1) is 15.8. The molecule has 2 aromatic rings. The van der Waals surface area contributed by atoms with E-state index in [1.165, 1.54) is 17.7 Å². The Morgan fingerprint density at radius 2 is 1.45 bits per heavy atom. The third-order valence-electron chi connectivity index (χ3n) is 4.90. The summed E-state index contributed by atoms with van der Waals surface area (Å²) >= 11 is 0. The second kappa shape index (κ2) is 13.8. The fourth-order valence-corrected chi connectivity index (χ4v) is 3.11. The van der Waals surface area contributed by atoms with Crippen LogP contribution in [0.4, 0.5) is 10.1 Å². The Morgan fingerprint density at radius 1 is 0.879 bits per heavy atom. The smallest absolute Gasteiger partial charge is 0.414 e. The number of carbonyl (C=O) groups is 3. The Morgan fingerprint density at radius 3 is 2.03 bits per heavy atom. The SMILES string of the molecule is O=C(CCN1CCN(C/C=C/c2ccccc2)CC1)Nc1ccc(F)cc1.O=C(O)C(=O)O. The van der Waals surface area contributed by atoms with Crippen molar-refractivity contribution >= 4 is 29.6 Å². The maximum absolute atomic E-state index is 12.9. The minimum absolute atomic E-state index is 0.0326. The van der Waals surface area contributed by atoms with Crippen molar-refractivity contribution in [3.63, 3.8) is 0 Å². The highest BCUT2D eigenvalue weighted by molar-refractivity contribution is 6.27. The molecule has 0 spiro atoms. The molecule has 0 aromatic heterocycles. The molecular formula is C24H28FN3O5. The molecule has 3 N–H and O–H groups in total. The van der Waals surface area contributed by atoms with E-state index in [-0.39, 0.29) is 11.7 Å². The molecule has 0 aliphatic carbocycles. The molecule has 1 aliphatic heterocycles. The number of carbonyl (C=O) groups excluding carboxylic acids is 1. The predicted octanol–water partition coefficient (Wildman–Crippen LogP) is 2.64.